The quantitative estimate of drug-likeness (QED) is 0.873. The number of carbonyl (C=O) groups is 1. The Morgan fingerprint density at radius 2 is 2.00 bits per heavy atom. The van der Waals surface area contributed by atoms with Gasteiger partial charge >= 0.3 is 0 Å². The van der Waals surface area contributed by atoms with E-state index in [1.807, 2.05) is 0 Å². The van der Waals surface area contributed by atoms with E-state index in [-0.39, 0.29) is 30.3 Å². The highest BCUT2D eigenvalue weighted by Gasteiger charge is 2.38. The van der Waals surface area contributed by atoms with Crippen LogP contribution < -0.4 is 11.1 Å². The summed E-state index contributed by atoms with van der Waals surface area (Å²) in [5.74, 6) is 1.35. The molecule has 2 fully saturated rings. The summed E-state index contributed by atoms with van der Waals surface area (Å²) >= 11 is 0. The summed E-state index contributed by atoms with van der Waals surface area (Å²) < 4.78 is 0. The molecule has 0 bridgehead atoms. The average Bonchev–Trinajstić information content (AvgIpc) is 3.21. The van der Waals surface area contributed by atoms with Gasteiger partial charge in [0.15, 0.2) is 0 Å². The number of halogens is 1. The van der Waals surface area contributed by atoms with Crippen molar-refractivity contribution in [3.05, 3.63) is 35.4 Å². The van der Waals surface area contributed by atoms with Crippen LogP contribution in [-0.2, 0) is 4.79 Å². The Morgan fingerprint density at radius 3 is 2.64 bits per heavy atom. The minimum atomic E-state index is 0. The van der Waals surface area contributed by atoms with E-state index in [1.165, 1.54) is 24.0 Å². The Balaban J connectivity index is 0.00000176. The zero-order chi connectivity index (χ0) is 14.8. The Bertz CT molecular complexity index is 516. The summed E-state index contributed by atoms with van der Waals surface area (Å²) in [5, 5.41) is 3.35. The second-order valence-corrected chi connectivity index (χ2v) is 6.71. The van der Waals surface area contributed by atoms with Gasteiger partial charge in [-0.1, -0.05) is 30.7 Å². The topological polar surface area (TPSA) is 55.1 Å². The van der Waals surface area contributed by atoms with Gasteiger partial charge in [-0.3, -0.25) is 4.79 Å². The Morgan fingerprint density at radius 1 is 1.27 bits per heavy atom. The predicted octanol–water partition coefficient (Wildman–Crippen LogP) is 3.36. The molecule has 1 aromatic rings. The first-order chi connectivity index (χ1) is 10.2. The van der Waals surface area contributed by atoms with Crippen LogP contribution in [0.1, 0.15) is 49.3 Å². The summed E-state index contributed by atoms with van der Waals surface area (Å²) in [7, 11) is 0. The number of amides is 1. The zero-order valence-corrected chi connectivity index (χ0v) is 14.1. The minimum absolute atomic E-state index is 0. The van der Waals surface area contributed by atoms with Crippen molar-refractivity contribution >= 4 is 18.3 Å². The standard InChI is InChI=1S/C18H26N2O.ClH/c1-12-5-2-3-7-15(12)17(13-9-10-13)20-18(21)16-8-4-6-14(16)11-19;/h2-3,5,7,13-14,16-17H,4,6,8-11,19H2,1H3,(H,20,21);1H/t14-,16-,17?;/m1./s1. The van der Waals surface area contributed by atoms with Gasteiger partial charge in [0.2, 0.25) is 5.91 Å². The van der Waals surface area contributed by atoms with Crippen molar-refractivity contribution in [2.75, 3.05) is 6.54 Å². The molecular weight excluding hydrogens is 296 g/mol. The highest BCUT2D eigenvalue weighted by Crippen LogP contribution is 2.42. The van der Waals surface area contributed by atoms with Crippen LogP contribution >= 0.6 is 12.4 Å². The molecule has 2 saturated carbocycles. The molecule has 3 N–H and O–H groups in total. The van der Waals surface area contributed by atoms with Crippen LogP contribution in [0.3, 0.4) is 0 Å². The van der Waals surface area contributed by atoms with Gasteiger partial charge in [0.05, 0.1) is 6.04 Å². The first-order valence-electron chi connectivity index (χ1n) is 8.26. The fourth-order valence-corrected chi connectivity index (χ4v) is 3.74. The van der Waals surface area contributed by atoms with Crippen LogP contribution in [0.25, 0.3) is 0 Å². The number of carbonyl (C=O) groups excluding carboxylic acids is 1. The molecule has 0 radical (unpaired) electrons. The van der Waals surface area contributed by atoms with Crippen LogP contribution in [0.4, 0.5) is 0 Å². The normalized spacial score (nSPS) is 25.4. The summed E-state index contributed by atoms with van der Waals surface area (Å²) in [6.07, 6.45) is 5.69. The molecular formula is C18H27ClN2O. The predicted molar refractivity (Wildman–Crippen MR) is 91.9 cm³/mol. The molecule has 0 spiro atoms. The molecule has 3 atom stereocenters. The monoisotopic (exact) mass is 322 g/mol. The molecule has 4 heteroatoms. The van der Waals surface area contributed by atoms with E-state index >= 15 is 0 Å². The molecule has 2 aliphatic rings. The van der Waals surface area contributed by atoms with E-state index < -0.39 is 0 Å². The van der Waals surface area contributed by atoms with Crippen molar-refractivity contribution < 1.29 is 4.79 Å². The van der Waals surface area contributed by atoms with Crippen LogP contribution in [-0.4, -0.2) is 12.5 Å². The first-order valence-corrected chi connectivity index (χ1v) is 8.26. The molecule has 0 aliphatic heterocycles. The van der Waals surface area contributed by atoms with Gasteiger partial charge in [0.25, 0.3) is 0 Å². The fraction of sp³-hybridized carbons (Fsp3) is 0.611. The van der Waals surface area contributed by atoms with Crippen LogP contribution in [0.2, 0.25) is 0 Å². The maximum absolute atomic E-state index is 12.7. The van der Waals surface area contributed by atoms with Crippen LogP contribution in [0, 0.1) is 24.7 Å². The molecule has 22 heavy (non-hydrogen) atoms. The van der Waals surface area contributed by atoms with Crippen molar-refractivity contribution in [1.29, 1.82) is 0 Å². The van der Waals surface area contributed by atoms with Gasteiger partial charge < -0.3 is 11.1 Å². The van der Waals surface area contributed by atoms with E-state index in [0.717, 1.165) is 19.3 Å². The highest BCUT2D eigenvalue weighted by molar-refractivity contribution is 5.85. The second kappa shape index (κ2) is 7.47. The van der Waals surface area contributed by atoms with Crippen molar-refractivity contribution in [3.8, 4) is 0 Å². The van der Waals surface area contributed by atoms with Crippen molar-refractivity contribution in [3.63, 3.8) is 0 Å². The molecule has 0 saturated heterocycles. The molecule has 3 nitrogen and oxygen atoms in total. The first kappa shape index (κ1) is 17.3. The smallest absolute Gasteiger partial charge is 0.223 e. The van der Waals surface area contributed by atoms with E-state index in [4.69, 9.17) is 5.73 Å². The number of hydrogen-bond donors (Lipinski definition) is 2. The minimum Gasteiger partial charge on any atom is -0.349 e. The van der Waals surface area contributed by atoms with Crippen LogP contribution in [0.5, 0.6) is 0 Å². The van der Waals surface area contributed by atoms with Gasteiger partial charge in [-0.25, -0.2) is 0 Å². The van der Waals surface area contributed by atoms with E-state index in [0.29, 0.717) is 18.4 Å². The van der Waals surface area contributed by atoms with E-state index in [2.05, 4.69) is 36.5 Å². The lowest BCUT2D eigenvalue weighted by Gasteiger charge is -2.24. The highest BCUT2D eigenvalue weighted by atomic mass is 35.5. The summed E-state index contributed by atoms with van der Waals surface area (Å²) in [5.41, 5.74) is 8.38. The molecule has 1 amide bonds. The third-order valence-electron chi connectivity index (χ3n) is 5.21. The van der Waals surface area contributed by atoms with E-state index in [1.54, 1.807) is 0 Å². The van der Waals surface area contributed by atoms with Gasteiger partial charge in [-0.05, 0) is 62.1 Å². The second-order valence-electron chi connectivity index (χ2n) is 6.71. The number of benzene rings is 1. The lowest BCUT2D eigenvalue weighted by atomic mass is 9.93. The summed E-state index contributed by atoms with van der Waals surface area (Å²) in [4.78, 5) is 12.7. The van der Waals surface area contributed by atoms with E-state index in [9.17, 15) is 4.79 Å². The van der Waals surface area contributed by atoms with Crippen LogP contribution in [0.15, 0.2) is 24.3 Å². The number of rotatable bonds is 5. The lowest BCUT2D eigenvalue weighted by Crippen LogP contribution is -2.38. The largest absolute Gasteiger partial charge is 0.349 e. The molecule has 0 heterocycles. The molecule has 0 aromatic heterocycles. The van der Waals surface area contributed by atoms with Crippen molar-refractivity contribution in [2.45, 2.75) is 45.1 Å². The van der Waals surface area contributed by atoms with Gasteiger partial charge in [0, 0.05) is 5.92 Å². The van der Waals surface area contributed by atoms with Crippen molar-refractivity contribution in [1.82, 2.24) is 5.32 Å². The fourth-order valence-electron chi connectivity index (χ4n) is 3.74. The van der Waals surface area contributed by atoms with Crippen molar-refractivity contribution in [2.24, 2.45) is 23.5 Å². The maximum Gasteiger partial charge on any atom is 0.223 e. The van der Waals surface area contributed by atoms with Gasteiger partial charge in [-0.2, -0.15) is 0 Å². The maximum atomic E-state index is 12.7. The molecule has 3 rings (SSSR count). The summed E-state index contributed by atoms with van der Waals surface area (Å²) in [6.45, 7) is 2.77. The number of hydrogen-bond acceptors (Lipinski definition) is 2. The third-order valence-corrected chi connectivity index (χ3v) is 5.21. The Hall–Kier alpha value is -1.06. The molecule has 1 unspecified atom stereocenters. The average molecular weight is 323 g/mol. The molecule has 1 aromatic carbocycles. The Labute approximate surface area is 139 Å². The zero-order valence-electron chi connectivity index (χ0n) is 13.3. The lowest BCUT2D eigenvalue weighted by molar-refractivity contribution is -0.126. The third kappa shape index (κ3) is 3.64. The molecule has 2 aliphatic carbocycles. The SMILES string of the molecule is Cc1ccccc1C(NC(=O)[C@@H]1CCC[C@@H]1CN)C1CC1.Cl. The molecule has 122 valence electrons. The number of nitrogens with two attached hydrogens (primary N) is 1. The number of nitrogens with one attached hydrogen (secondary N) is 1. The Kier molecular flexibility index (Phi) is 5.87. The van der Waals surface area contributed by atoms with Gasteiger partial charge in [0.1, 0.15) is 0 Å². The van der Waals surface area contributed by atoms with Gasteiger partial charge in [-0.15, -0.1) is 12.4 Å². The summed E-state index contributed by atoms with van der Waals surface area (Å²) in [6, 6.07) is 8.62. The number of aryl methyl sites for hydroxylation is 1.